The van der Waals surface area contributed by atoms with Crippen molar-refractivity contribution in [3.05, 3.63) is 90.0 Å². The molecule has 1 amide bonds. The Labute approximate surface area is 209 Å². The van der Waals surface area contributed by atoms with Crippen LogP contribution in [0.2, 0.25) is 0 Å². The van der Waals surface area contributed by atoms with E-state index in [1.165, 1.54) is 17.6 Å². The van der Waals surface area contributed by atoms with Gasteiger partial charge in [0.15, 0.2) is 15.0 Å². The summed E-state index contributed by atoms with van der Waals surface area (Å²) in [6.45, 7) is 2.68. The van der Waals surface area contributed by atoms with Crippen LogP contribution in [0.25, 0.3) is 10.2 Å². The van der Waals surface area contributed by atoms with Gasteiger partial charge in [-0.05, 0) is 29.3 Å². The van der Waals surface area contributed by atoms with Gasteiger partial charge in [-0.15, -0.1) is 0 Å². The number of piperazine rings is 1. The maximum Gasteiger partial charge on any atom is 0.223 e. The van der Waals surface area contributed by atoms with E-state index in [4.69, 9.17) is 4.98 Å². The Morgan fingerprint density at radius 2 is 1.51 bits per heavy atom. The molecule has 4 aromatic rings. The van der Waals surface area contributed by atoms with Crippen molar-refractivity contribution >= 4 is 42.4 Å². The van der Waals surface area contributed by atoms with Crippen LogP contribution in [0.4, 0.5) is 5.13 Å². The smallest absolute Gasteiger partial charge is 0.223 e. The summed E-state index contributed by atoms with van der Waals surface area (Å²) in [5, 5.41) is 0.865. The first kappa shape index (κ1) is 23.5. The number of carbonyl (C=O) groups excluding carboxylic acids is 1. The summed E-state index contributed by atoms with van der Waals surface area (Å²) in [4.78, 5) is 22.4. The fourth-order valence-electron chi connectivity index (χ4n) is 4.51. The minimum Gasteiger partial charge on any atom is -0.345 e. The van der Waals surface area contributed by atoms with Crippen molar-refractivity contribution in [3.8, 4) is 0 Å². The van der Waals surface area contributed by atoms with Crippen LogP contribution in [0.15, 0.2) is 83.8 Å². The summed E-state index contributed by atoms with van der Waals surface area (Å²) in [5.74, 6) is 0.181. The lowest BCUT2D eigenvalue weighted by atomic mass is 9.88. The number of fused-ring (bicyclic) bond motifs is 1. The number of hydrogen-bond donors (Lipinski definition) is 0. The molecule has 6 nitrogen and oxygen atoms in total. The highest BCUT2D eigenvalue weighted by molar-refractivity contribution is 7.90. The van der Waals surface area contributed by atoms with Crippen LogP contribution in [-0.4, -0.2) is 56.6 Å². The number of aromatic nitrogens is 1. The third-order valence-electron chi connectivity index (χ3n) is 6.46. The molecule has 0 spiro atoms. The van der Waals surface area contributed by atoms with Crippen LogP contribution in [0.3, 0.4) is 0 Å². The molecular weight excluding hydrogens is 478 g/mol. The Kier molecular flexibility index (Phi) is 6.58. The molecule has 0 aliphatic carbocycles. The molecule has 2 heterocycles. The van der Waals surface area contributed by atoms with E-state index in [9.17, 15) is 13.2 Å². The molecule has 0 saturated carbocycles. The summed E-state index contributed by atoms with van der Waals surface area (Å²) < 4.78 is 24.6. The van der Waals surface area contributed by atoms with E-state index >= 15 is 0 Å². The molecule has 1 aliphatic heterocycles. The second-order valence-electron chi connectivity index (χ2n) is 8.84. The lowest BCUT2D eigenvalue weighted by molar-refractivity contribution is -0.131. The van der Waals surface area contributed by atoms with Gasteiger partial charge in [-0.2, -0.15) is 0 Å². The number of rotatable bonds is 6. The highest BCUT2D eigenvalue weighted by Crippen LogP contribution is 2.32. The van der Waals surface area contributed by atoms with Crippen LogP contribution in [0.1, 0.15) is 23.5 Å². The second kappa shape index (κ2) is 9.79. The molecule has 1 aliphatic rings. The summed E-state index contributed by atoms with van der Waals surface area (Å²) >= 11 is 1.50. The minimum absolute atomic E-state index is 0.0243. The van der Waals surface area contributed by atoms with Crippen LogP contribution in [0, 0.1) is 0 Å². The molecule has 0 N–H and O–H groups in total. The third kappa shape index (κ3) is 5.23. The number of nitrogens with zero attached hydrogens (tertiary/aromatic N) is 3. The van der Waals surface area contributed by atoms with Gasteiger partial charge in [0.05, 0.1) is 15.1 Å². The molecule has 8 heteroatoms. The maximum atomic E-state index is 13.3. The lowest BCUT2D eigenvalue weighted by Crippen LogP contribution is -2.49. The molecule has 0 radical (unpaired) electrons. The monoisotopic (exact) mass is 505 g/mol. The van der Waals surface area contributed by atoms with Gasteiger partial charge in [0.25, 0.3) is 0 Å². The van der Waals surface area contributed by atoms with E-state index in [1.807, 2.05) is 41.3 Å². The standard InChI is InChI=1S/C27H27N3O3S2/c1-35(32,33)22-12-13-24-25(18-22)34-27(28-24)30-16-14-29(15-17-30)26(31)19-23(20-8-4-2-5-9-20)21-10-6-3-7-11-21/h2-13,18,23H,14-17,19H2,1H3. The largest absolute Gasteiger partial charge is 0.345 e. The van der Waals surface area contributed by atoms with Crippen molar-refractivity contribution in [1.82, 2.24) is 9.88 Å². The Bertz CT molecular complexity index is 1390. The number of amides is 1. The summed E-state index contributed by atoms with van der Waals surface area (Å²) in [6, 6.07) is 25.5. The average molecular weight is 506 g/mol. The van der Waals surface area contributed by atoms with Gasteiger partial charge >= 0.3 is 0 Å². The number of hydrogen-bond acceptors (Lipinski definition) is 6. The van der Waals surface area contributed by atoms with Crippen molar-refractivity contribution in [2.24, 2.45) is 0 Å². The number of thiazole rings is 1. The highest BCUT2D eigenvalue weighted by Gasteiger charge is 2.26. The molecule has 0 bridgehead atoms. The van der Waals surface area contributed by atoms with Crippen LogP contribution in [0.5, 0.6) is 0 Å². The molecule has 1 saturated heterocycles. The maximum absolute atomic E-state index is 13.3. The Morgan fingerprint density at radius 1 is 0.914 bits per heavy atom. The van der Waals surface area contributed by atoms with Gasteiger partial charge in [-0.25, -0.2) is 13.4 Å². The first-order chi connectivity index (χ1) is 16.9. The van der Waals surface area contributed by atoms with E-state index in [1.54, 1.807) is 18.2 Å². The predicted octanol–water partition coefficient (Wildman–Crippen LogP) is 4.57. The normalized spacial score (nSPS) is 14.6. The minimum atomic E-state index is -3.26. The lowest BCUT2D eigenvalue weighted by Gasteiger charge is -2.35. The number of carbonyl (C=O) groups is 1. The van der Waals surface area contributed by atoms with Gasteiger partial charge in [0.2, 0.25) is 5.91 Å². The van der Waals surface area contributed by atoms with Crippen LogP contribution in [-0.2, 0) is 14.6 Å². The molecule has 1 fully saturated rings. The molecule has 1 aromatic heterocycles. The van der Waals surface area contributed by atoms with Crippen molar-refractivity contribution in [1.29, 1.82) is 0 Å². The predicted molar refractivity (Wildman–Crippen MR) is 141 cm³/mol. The van der Waals surface area contributed by atoms with Crippen molar-refractivity contribution in [3.63, 3.8) is 0 Å². The Balaban J connectivity index is 1.27. The number of benzene rings is 3. The molecule has 180 valence electrons. The second-order valence-corrected chi connectivity index (χ2v) is 11.9. The molecule has 35 heavy (non-hydrogen) atoms. The van der Waals surface area contributed by atoms with E-state index in [0.29, 0.717) is 37.5 Å². The van der Waals surface area contributed by atoms with Gasteiger partial charge in [0.1, 0.15) is 0 Å². The van der Waals surface area contributed by atoms with Crippen LogP contribution >= 0.6 is 11.3 Å². The molecule has 5 rings (SSSR count). The van der Waals surface area contributed by atoms with Crippen LogP contribution < -0.4 is 4.90 Å². The molecule has 0 unspecified atom stereocenters. The van der Waals surface area contributed by atoms with Crippen molar-refractivity contribution < 1.29 is 13.2 Å². The first-order valence-electron chi connectivity index (χ1n) is 11.6. The van der Waals surface area contributed by atoms with E-state index < -0.39 is 9.84 Å². The SMILES string of the molecule is CS(=O)(=O)c1ccc2nc(N3CCN(C(=O)CC(c4ccccc4)c4ccccc4)CC3)sc2c1. The fraction of sp³-hybridized carbons (Fsp3) is 0.259. The zero-order valence-corrected chi connectivity index (χ0v) is 21.1. The van der Waals surface area contributed by atoms with E-state index in [0.717, 1.165) is 26.5 Å². The average Bonchev–Trinajstić information content (AvgIpc) is 3.31. The molecule has 0 atom stereocenters. The highest BCUT2D eigenvalue weighted by atomic mass is 32.2. The van der Waals surface area contributed by atoms with Gasteiger partial charge in [-0.3, -0.25) is 4.79 Å². The van der Waals surface area contributed by atoms with Gasteiger partial charge < -0.3 is 9.80 Å². The zero-order chi connectivity index (χ0) is 24.4. The van der Waals surface area contributed by atoms with E-state index in [2.05, 4.69) is 29.2 Å². The number of anilines is 1. The first-order valence-corrected chi connectivity index (χ1v) is 14.3. The Hall–Kier alpha value is -3.23. The summed E-state index contributed by atoms with van der Waals surface area (Å²) in [7, 11) is -3.26. The third-order valence-corrected chi connectivity index (χ3v) is 8.65. The Morgan fingerprint density at radius 3 is 2.09 bits per heavy atom. The molecule has 3 aromatic carbocycles. The van der Waals surface area contributed by atoms with Crippen molar-refractivity contribution in [2.75, 3.05) is 37.3 Å². The van der Waals surface area contributed by atoms with Gasteiger partial charge in [0, 0.05) is 44.8 Å². The van der Waals surface area contributed by atoms with E-state index in [-0.39, 0.29) is 11.8 Å². The van der Waals surface area contributed by atoms with Gasteiger partial charge in [-0.1, -0.05) is 72.0 Å². The summed E-state index contributed by atoms with van der Waals surface area (Å²) in [5.41, 5.74) is 3.09. The van der Waals surface area contributed by atoms with Crippen molar-refractivity contribution in [2.45, 2.75) is 17.2 Å². The number of sulfone groups is 1. The fourth-order valence-corrected chi connectivity index (χ4v) is 6.29. The summed E-state index contributed by atoms with van der Waals surface area (Å²) in [6.07, 6.45) is 1.65. The molecular formula is C27H27N3O3S2. The quantitative estimate of drug-likeness (QED) is 0.384. The zero-order valence-electron chi connectivity index (χ0n) is 19.5. The topological polar surface area (TPSA) is 70.6 Å².